The van der Waals surface area contributed by atoms with E-state index in [0.717, 1.165) is 11.1 Å². The van der Waals surface area contributed by atoms with E-state index in [9.17, 15) is 4.79 Å². The Morgan fingerprint density at radius 1 is 0.969 bits per heavy atom. The molecular weight excluding hydrogens is 451 g/mol. The molecule has 1 aliphatic heterocycles. The van der Waals surface area contributed by atoms with Crippen molar-refractivity contribution in [1.29, 1.82) is 0 Å². The quantitative estimate of drug-likeness (QED) is 0.384. The number of fused-ring (bicyclic) bond motifs is 1. The van der Waals surface area contributed by atoms with E-state index >= 15 is 0 Å². The van der Waals surface area contributed by atoms with Crippen LogP contribution in [-0.4, -0.2) is 20.0 Å². The summed E-state index contributed by atoms with van der Waals surface area (Å²) in [4.78, 5) is 13.0. The van der Waals surface area contributed by atoms with Crippen molar-refractivity contribution in [2.45, 2.75) is 13.5 Å². The van der Waals surface area contributed by atoms with Gasteiger partial charge in [-0.25, -0.2) is 0 Å². The van der Waals surface area contributed by atoms with Crippen molar-refractivity contribution < 1.29 is 23.7 Å². The standard InChI is InChI=1S/C25H20Cl2O5/c1-14-9-16(31-13-17-18(26)5-4-6-19(17)27)12-22-24(14)25(28)23(32-22)11-15-7-8-20(29-2)21(10-15)30-3/h4-12H,13H2,1-3H3/b23-11-. The summed E-state index contributed by atoms with van der Waals surface area (Å²) in [6.07, 6.45) is 1.67. The van der Waals surface area contributed by atoms with Gasteiger partial charge < -0.3 is 18.9 Å². The number of benzene rings is 3. The van der Waals surface area contributed by atoms with Crippen molar-refractivity contribution in [2.24, 2.45) is 0 Å². The summed E-state index contributed by atoms with van der Waals surface area (Å²) in [5.74, 6) is 2.21. The lowest BCUT2D eigenvalue weighted by Gasteiger charge is -2.11. The van der Waals surface area contributed by atoms with Gasteiger partial charge in [0.05, 0.1) is 19.8 Å². The Bertz CT molecular complexity index is 1210. The van der Waals surface area contributed by atoms with Gasteiger partial charge in [0.2, 0.25) is 5.78 Å². The highest BCUT2D eigenvalue weighted by molar-refractivity contribution is 6.35. The van der Waals surface area contributed by atoms with Crippen LogP contribution < -0.4 is 18.9 Å². The summed E-state index contributed by atoms with van der Waals surface area (Å²) < 4.78 is 22.4. The van der Waals surface area contributed by atoms with Crippen LogP contribution in [0.25, 0.3) is 6.08 Å². The molecule has 0 radical (unpaired) electrons. The molecule has 0 bridgehead atoms. The fourth-order valence-corrected chi connectivity index (χ4v) is 3.99. The molecule has 0 aromatic heterocycles. The first-order chi connectivity index (χ1) is 15.4. The maximum Gasteiger partial charge on any atom is 0.232 e. The highest BCUT2D eigenvalue weighted by Gasteiger charge is 2.30. The Hall–Kier alpha value is -3.15. The third-order valence-electron chi connectivity index (χ3n) is 5.09. The molecule has 0 N–H and O–H groups in total. The molecule has 0 atom stereocenters. The zero-order chi connectivity index (χ0) is 22.8. The molecule has 4 rings (SSSR count). The molecule has 7 heteroatoms. The fraction of sp³-hybridized carbons (Fsp3) is 0.160. The van der Waals surface area contributed by atoms with Crippen LogP contribution in [0.3, 0.4) is 0 Å². The van der Waals surface area contributed by atoms with Gasteiger partial charge in [0.15, 0.2) is 17.3 Å². The van der Waals surface area contributed by atoms with Crippen molar-refractivity contribution in [2.75, 3.05) is 14.2 Å². The maximum atomic E-state index is 13.0. The zero-order valence-electron chi connectivity index (χ0n) is 17.7. The SMILES string of the molecule is COc1ccc(/C=C2\Oc3cc(OCc4c(Cl)cccc4Cl)cc(C)c3C2=O)cc1OC. The van der Waals surface area contributed by atoms with Crippen LogP contribution in [-0.2, 0) is 6.61 Å². The summed E-state index contributed by atoms with van der Waals surface area (Å²) in [6.45, 7) is 2.04. The molecule has 0 unspecified atom stereocenters. The number of hydrogen-bond acceptors (Lipinski definition) is 5. The van der Waals surface area contributed by atoms with Gasteiger partial charge in [-0.05, 0) is 54.5 Å². The Balaban J connectivity index is 1.59. The van der Waals surface area contributed by atoms with E-state index in [4.69, 9.17) is 42.1 Å². The number of rotatable bonds is 6. The third kappa shape index (κ3) is 4.27. The highest BCUT2D eigenvalue weighted by atomic mass is 35.5. The summed E-state index contributed by atoms with van der Waals surface area (Å²) >= 11 is 12.4. The fourth-order valence-electron chi connectivity index (χ4n) is 3.48. The van der Waals surface area contributed by atoms with Crippen molar-refractivity contribution in [1.82, 2.24) is 0 Å². The summed E-state index contributed by atoms with van der Waals surface area (Å²) in [7, 11) is 3.13. The minimum absolute atomic E-state index is 0.187. The number of methoxy groups -OCH3 is 2. The molecule has 32 heavy (non-hydrogen) atoms. The molecule has 0 fully saturated rings. The number of aryl methyl sites for hydroxylation is 1. The van der Waals surface area contributed by atoms with Gasteiger partial charge in [-0.3, -0.25) is 4.79 Å². The molecule has 0 aliphatic carbocycles. The minimum Gasteiger partial charge on any atom is -0.493 e. The Labute approximate surface area is 196 Å². The van der Waals surface area contributed by atoms with Gasteiger partial charge in [0.1, 0.15) is 18.1 Å². The van der Waals surface area contributed by atoms with Crippen LogP contribution in [0, 0.1) is 6.92 Å². The lowest BCUT2D eigenvalue weighted by molar-refractivity contribution is 0.101. The first-order valence-electron chi connectivity index (χ1n) is 9.78. The molecule has 5 nitrogen and oxygen atoms in total. The van der Waals surface area contributed by atoms with Crippen LogP contribution >= 0.6 is 23.2 Å². The first kappa shape index (κ1) is 22.1. The van der Waals surface area contributed by atoms with Gasteiger partial charge in [-0.15, -0.1) is 0 Å². The van der Waals surface area contributed by atoms with Gasteiger partial charge >= 0.3 is 0 Å². The second kappa shape index (κ2) is 9.15. The molecule has 164 valence electrons. The van der Waals surface area contributed by atoms with Crippen molar-refractivity contribution in [3.63, 3.8) is 0 Å². The maximum absolute atomic E-state index is 13.0. The Kier molecular flexibility index (Phi) is 6.31. The number of carbonyl (C=O) groups excluding carboxylic acids is 1. The van der Waals surface area contributed by atoms with Crippen molar-refractivity contribution in [3.8, 4) is 23.0 Å². The van der Waals surface area contributed by atoms with Gasteiger partial charge in [0, 0.05) is 21.7 Å². The number of hydrogen-bond donors (Lipinski definition) is 0. The predicted molar refractivity (Wildman–Crippen MR) is 124 cm³/mol. The van der Waals surface area contributed by atoms with Crippen LogP contribution in [0.4, 0.5) is 0 Å². The molecule has 3 aromatic rings. The molecular formula is C25H20Cl2O5. The second-order valence-corrected chi connectivity index (χ2v) is 7.97. The van der Waals surface area contributed by atoms with E-state index in [1.165, 1.54) is 0 Å². The Morgan fingerprint density at radius 3 is 2.38 bits per heavy atom. The normalized spacial score (nSPS) is 13.7. The number of ether oxygens (including phenoxy) is 4. The van der Waals surface area contributed by atoms with E-state index in [1.807, 2.05) is 13.0 Å². The first-order valence-corrected chi connectivity index (χ1v) is 10.5. The smallest absolute Gasteiger partial charge is 0.232 e. The van der Waals surface area contributed by atoms with E-state index in [-0.39, 0.29) is 18.1 Å². The van der Waals surface area contributed by atoms with E-state index in [1.54, 1.807) is 62.8 Å². The summed E-state index contributed by atoms with van der Waals surface area (Å²) in [5.41, 5.74) is 2.71. The number of allylic oxidation sites excluding steroid dienone is 1. The molecule has 0 amide bonds. The number of halogens is 2. The molecule has 0 saturated heterocycles. The van der Waals surface area contributed by atoms with Crippen LogP contribution in [0.15, 0.2) is 54.3 Å². The predicted octanol–water partition coefficient (Wildman–Crippen LogP) is 6.51. The van der Waals surface area contributed by atoms with Gasteiger partial charge in [-0.1, -0.05) is 35.3 Å². The molecule has 1 heterocycles. The minimum atomic E-state index is -0.187. The van der Waals surface area contributed by atoms with Gasteiger partial charge in [0.25, 0.3) is 0 Å². The number of carbonyl (C=O) groups is 1. The Morgan fingerprint density at radius 2 is 1.69 bits per heavy atom. The second-order valence-electron chi connectivity index (χ2n) is 7.16. The lowest BCUT2D eigenvalue weighted by Crippen LogP contribution is -2.00. The molecule has 1 aliphatic rings. The third-order valence-corrected chi connectivity index (χ3v) is 5.80. The van der Waals surface area contributed by atoms with E-state index in [2.05, 4.69) is 0 Å². The van der Waals surface area contributed by atoms with Crippen LogP contribution in [0.1, 0.15) is 27.0 Å². The van der Waals surface area contributed by atoms with E-state index < -0.39 is 0 Å². The average Bonchev–Trinajstić information content (AvgIpc) is 3.08. The van der Waals surface area contributed by atoms with Gasteiger partial charge in [-0.2, -0.15) is 0 Å². The van der Waals surface area contributed by atoms with Crippen molar-refractivity contribution >= 4 is 35.1 Å². The van der Waals surface area contributed by atoms with E-state index in [0.29, 0.717) is 44.2 Å². The number of Topliss-reactive ketones (excluding diaryl/α,β-unsaturated/α-hetero) is 1. The topological polar surface area (TPSA) is 54.0 Å². The lowest BCUT2D eigenvalue weighted by atomic mass is 10.0. The highest BCUT2D eigenvalue weighted by Crippen LogP contribution is 2.38. The average molecular weight is 471 g/mol. The van der Waals surface area contributed by atoms with Crippen LogP contribution in [0.2, 0.25) is 10.0 Å². The molecule has 0 spiro atoms. The molecule has 0 saturated carbocycles. The van der Waals surface area contributed by atoms with Crippen LogP contribution in [0.5, 0.6) is 23.0 Å². The van der Waals surface area contributed by atoms with Crippen molar-refractivity contribution in [3.05, 3.63) is 86.6 Å². The monoisotopic (exact) mass is 470 g/mol. The summed E-state index contributed by atoms with van der Waals surface area (Å²) in [5, 5.41) is 1.06. The summed E-state index contributed by atoms with van der Waals surface area (Å²) in [6, 6.07) is 14.2. The molecule has 3 aromatic carbocycles. The zero-order valence-corrected chi connectivity index (χ0v) is 19.2. The number of ketones is 1. The largest absolute Gasteiger partial charge is 0.493 e.